The number of hydrogen-bond acceptors (Lipinski definition) is 5. The zero-order chi connectivity index (χ0) is 17.7. The summed E-state index contributed by atoms with van der Waals surface area (Å²) in [4.78, 5) is 4.61. The summed E-state index contributed by atoms with van der Waals surface area (Å²) in [6.45, 7) is 6.69. The Kier molecular flexibility index (Phi) is 5.90. The molecule has 5 nitrogen and oxygen atoms in total. The van der Waals surface area contributed by atoms with Gasteiger partial charge in [-0.25, -0.2) is 4.99 Å². The molecule has 0 bridgehead atoms. The molecule has 1 aliphatic carbocycles. The molecule has 0 amide bonds. The van der Waals surface area contributed by atoms with Crippen molar-refractivity contribution in [1.82, 2.24) is 0 Å². The van der Waals surface area contributed by atoms with Crippen molar-refractivity contribution < 1.29 is 4.74 Å². The van der Waals surface area contributed by atoms with Gasteiger partial charge in [-0.3, -0.25) is 0 Å². The third-order valence-electron chi connectivity index (χ3n) is 4.27. The number of nitrogen functional groups attached to an aromatic ring is 1. The lowest BCUT2D eigenvalue weighted by molar-refractivity contribution is 0.223. The second-order valence-electron chi connectivity index (χ2n) is 6.12. The first-order valence-electron chi connectivity index (χ1n) is 8.38. The van der Waals surface area contributed by atoms with Crippen LogP contribution in [-0.2, 0) is 4.74 Å². The van der Waals surface area contributed by atoms with Gasteiger partial charge in [-0.05, 0) is 43.5 Å². The standard InChI is InChI=1S/C19H26N4O/c1-4-5-6-9-24-19-11-18(15(21)10-16(19)22)23-17-8-7-14(20)12(2)13(17)3/h7-8,11,21-22H,4-6,9-10,20H2,1-3H3. The summed E-state index contributed by atoms with van der Waals surface area (Å²) in [7, 11) is 0. The first-order valence-corrected chi connectivity index (χ1v) is 8.38. The van der Waals surface area contributed by atoms with Gasteiger partial charge in [-0.2, -0.15) is 0 Å². The second-order valence-corrected chi connectivity index (χ2v) is 6.12. The predicted octanol–water partition coefficient (Wildman–Crippen LogP) is 4.49. The molecule has 128 valence electrons. The first kappa shape index (κ1) is 17.9. The van der Waals surface area contributed by atoms with Crippen LogP contribution < -0.4 is 5.73 Å². The third-order valence-corrected chi connectivity index (χ3v) is 4.27. The molecule has 24 heavy (non-hydrogen) atoms. The third kappa shape index (κ3) is 4.10. The van der Waals surface area contributed by atoms with Crippen LogP contribution in [0.1, 0.15) is 43.7 Å². The Bertz CT molecular complexity index is 716. The summed E-state index contributed by atoms with van der Waals surface area (Å²) in [6, 6.07) is 3.70. The summed E-state index contributed by atoms with van der Waals surface area (Å²) in [5.74, 6) is 0.533. The highest BCUT2D eigenvalue weighted by Crippen LogP contribution is 2.27. The van der Waals surface area contributed by atoms with Crippen molar-refractivity contribution in [3.05, 3.63) is 35.1 Å². The molecule has 0 atom stereocenters. The van der Waals surface area contributed by atoms with Crippen LogP contribution in [0.25, 0.3) is 0 Å². The maximum atomic E-state index is 8.13. The van der Waals surface area contributed by atoms with Gasteiger partial charge in [0.2, 0.25) is 0 Å². The average molecular weight is 326 g/mol. The zero-order valence-electron chi connectivity index (χ0n) is 14.7. The quantitative estimate of drug-likeness (QED) is 0.530. The normalized spacial score (nSPS) is 16.5. The van der Waals surface area contributed by atoms with Gasteiger partial charge in [0.1, 0.15) is 5.76 Å². The average Bonchev–Trinajstić information content (AvgIpc) is 2.55. The molecule has 4 N–H and O–H groups in total. The van der Waals surface area contributed by atoms with Crippen molar-refractivity contribution in [2.24, 2.45) is 4.99 Å². The number of nitrogens with one attached hydrogen (secondary N) is 2. The number of nitrogens with zero attached hydrogens (tertiary/aromatic N) is 1. The van der Waals surface area contributed by atoms with Crippen molar-refractivity contribution in [2.45, 2.75) is 46.5 Å². The van der Waals surface area contributed by atoms with Crippen LogP contribution in [0.3, 0.4) is 0 Å². The number of anilines is 1. The number of benzene rings is 1. The molecular weight excluding hydrogens is 300 g/mol. The minimum Gasteiger partial charge on any atom is -0.492 e. The summed E-state index contributed by atoms with van der Waals surface area (Å²) in [5.41, 5.74) is 10.7. The summed E-state index contributed by atoms with van der Waals surface area (Å²) in [6.07, 6.45) is 5.19. The SMILES string of the molecule is CCCCCOC1=CC(=Nc2ccc(N)c(C)c2C)C(=N)CC1=N. The second kappa shape index (κ2) is 7.90. The van der Waals surface area contributed by atoms with Gasteiger partial charge in [0.25, 0.3) is 0 Å². The van der Waals surface area contributed by atoms with Crippen LogP contribution in [0.15, 0.2) is 29.0 Å². The van der Waals surface area contributed by atoms with Gasteiger partial charge in [-0.1, -0.05) is 19.8 Å². The highest BCUT2D eigenvalue weighted by Gasteiger charge is 2.20. The molecule has 0 heterocycles. The van der Waals surface area contributed by atoms with E-state index in [-0.39, 0.29) is 6.42 Å². The number of aliphatic imine (C=N–C) groups is 1. The van der Waals surface area contributed by atoms with Gasteiger partial charge < -0.3 is 21.3 Å². The van der Waals surface area contributed by atoms with E-state index in [1.807, 2.05) is 26.0 Å². The molecule has 0 spiro atoms. The van der Waals surface area contributed by atoms with Crippen molar-refractivity contribution >= 4 is 28.5 Å². The number of rotatable bonds is 6. The van der Waals surface area contributed by atoms with Crippen LogP contribution in [0.4, 0.5) is 11.4 Å². The molecule has 0 saturated carbocycles. The van der Waals surface area contributed by atoms with E-state index in [2.05, 4.69) is 11.9 Å². The number of ether oxygens (including phenoxy) is 1. The zero-order valence-corrected chi connectivity index (χ0v) is 14.7. The molecule has 0 radical (unpaired) electrons. The fourth-order valence-electron chi connectivity index (χ4n) is 2.49. The predicted molar refractivity (Wildman–Crippen MR) is 101 cm³/mol. The molecule has 0 aliphatic heterocycles. The van der Waals surface area contributed by atoms with Crippen LogP contribution in [-0.4, -0.2) is 23.7 Å². The Balaban J connectivity index is 2.27. The minimum atomic E-state index is 0.255. The van der Waals surface area contributed by atoms with Gasteiger partial charge in [0, 0.05) is 18.2 Å². The summed E-state index contributed by atoms with van der Waals surface area (Å²) >= 11 is 0. The van der Waals surface area contributed by atoms with E-state index in [1.54, 1.807) is 6.08 Å². The largest absolute Gasteiger partial charge is 0.492 e. The highest BCUT2D eigenvalue weighted by atomic mass is 16.5. The highest BCUT2D eigenvalue weighted by molar-refractivity contribution is 6.51. The van der Waals surface area contributed by atoms with Crippen LogP contribution in [0.5, 0.6) is 0 Å². The lowest BCUT2D eigenvalue weighted by Crippen LogP contribution is -2.24. The monoisotopic (exact) mass is 326 g/mol. The van der Waals surface area contributed by atoms with E-state index in [4.69, 9.17) is 21.3 Å². The number of hydrogen-bond donors (Lipinski definition) is 3. The molecule has 0 aromatic heterocycles. The Morgan fingerprint density at radius 3 is 2.58 bits per heavy atom. The smallest absolute Gasteiger partial charge is 0.142 e. The van der Waals surface area contributed by atoms with Gasteiger partial charge >= 0.3 is 0 Å². The molecule has 5 heteroatoms. The Morgan fingerprint density at radius 1 is 1.12 bits per heavy atom. The lowest BCUT2D eigenvalue weighted by atomic mass is 9.99. The van der Waals surface area contributed by atoms with E-state index in [0.717, 1.165) is 41.8 Å². The molecule has 0 fully saturated rings. The van der Waals surface area contributed by atoms with Crippen LogP contribution >= 0.6 is 0 Å². The summed E-state index contributed by atoms with van der Waals surface area (Å²) < 4.78 is 5.73. The van der Waals surface area contributed by atoms with Crippen molar-refractivity contribution in [3.63, 3.8) is 0 Å². The first-order chi connectivity index (χ1) is 11.4. The van der Waals surface area contributed by atoms with Gasteiger partial charge in [-0.15, -0.1) is 0 Å². The maximum absolute atomic E-state index is 8.13. The molecule has 1 aromatic carbocycles. The van der Waals surface area contributed by atoms with Crippen LogP contribution in [0.2, 0.25) is 0 Å². The Labute approximate surface area is 143 Å². The molecular formula is C19H26N4O. The summed E-state index contributed by atoms with van der Waals surface area (Å²) in [5, 5.41) is 16.2. The molecule has 2 rings (SSSR count). The van der Waals surface area contributed by atoms with E-state index >= 15 is 0 Å². The van der Waals surface area contributed by atoms with Crippen molar-refractivity contribution in [2.75, 3.05) is 12.3 Å². The van der Waals surface area contributed by atoms with E-state index in [0.29, 0.717) is 29.5 Å². The minimum absolute atomic E-state index is 0.255. The lowest BCUT2D eigenvalue weighted by Gasteiger charge is -2.18. The number of nitrogens with two attached hydrogens (primary N) is 1. The topological polar surface area (TPSA) is 95.3 Å². The Morgan fingerprint density at radius 2 is 1.88 bits per heavy atom. The number of unbranched alkanes of at least 4 members (excludes halogenated alkanes) is 2. The van der Waals surface area contributed by atoms with Crippen molar-refractivity contribution in [3.8, 4) is 0 Å². The number of allylic oxidation sites excluding steroid dienone is 2. The van der Waals surface area contributed by atoms with E-state index < -0.39 is 0 Å². The fourth-order valence-corrected chi connectivity index (χ4v) is 2.49. The van der Waals surface area contributed by atoms with Crippen LogP contribution in [0, 0.1) is 24.7 Å². The Hall–Kier alpha value is -2.43. The van der Waals surface area contributed by atoms with Gasteiger partial charge in [0.05, 0.1) is 29.4 Å². The molecule has 0 unspecified atom stereocenters. The maximum Gasteiger partial charge on any atom is 0.142 e. The molecule has 1 aromatic rings. The van der Waals surface area contributed by atoms with Gasteiger partial charge in [0.15, 0.2) is 0 Å². The van der Waals surface area contributed by atoms with Crippen molar-refractivity contribution in [1.29, 1.82) is 10.8 Å². The van der Waals surface area contributed by atoms with E-state index in [1.165, 1.54) is 0 Å². The van der Waals surface area contributed by atoms with E-state index in [9.17, 15) is 0 Å². The molecule has 1 aliphatic rings. The fraction of sp³-hybridized carbons (Fsp3) is 0.421. The molecule has 0 saturated heterocycles.